The molecule has 1 atom stereocenters. The van der Waals surface area contributed by atoms with E-state index in [-0.39, 0.29) is 5.84 Å². The zero-order chi connectivity index (χ0) is 14.9. The van der Waals surface area contributed by atoms with Crippen LogP contribution >= 0.6 is 0 Å². The van der Waals surface area contributed by atoms with Crippen molar-refractivity contribution in [3.05, 3.63) is 16.8 Å². The molecule has 0 radical (unpaired) electrons. The summed E-state index contributed by atoms with van der Waals surface area (Å²) in [5.41, 5.74) is 8.31. The third-order valence-corrected chi connectivity index (χ3v) is 3.93. The van der Waals surface area contributed by atoms with Gasteiger partial charge in [-0.2, -0.15) is 5.10 Å². The maximum absolute atomic E-state index is 7.86. The van der Waals surface area contributed by atoms with Crippen molar-refractivity contribution in [3.63, 3.8) is 0 Å². The fourth-order valence-corrected chi connectivity index (χ4v) is 2.85. The molecular weight excluding hydrogens is 252 g/mol. The SMILES string of the molecule is Cc1nnc(N2CCCC2CN(C)C)c(C(=N)N)c1C. The quantitative estimate of drug-likeness (QED) is 0.631. The van der Waals surface area contributed by atoms with Crippen LogP contribution in [0.2, 0.25) is 0 Å². The van der Waals surface area contributed by atoms with E-state index in [2.05, 4.69) is 34.1 Å². The summed E-state index contributed by atoms with van der Waals surface area (Å²) in [6.07, 6.45) is 2.29. The molecule has 1 fully saturated rings. The summed E-state index contributed by atoms with van der Waals surface area (Å²) in [6, 6.07) is 0.416. The van der Waals surface area contributed by atoms with Gasteiger partial charge < -0.3 is 15.5 Å². The molecule has 1 unspecified atom stereocenters. The lowest BCUT2D eigenvalue weighted by molar-refractivity contribution is 0.371. The zero-order valence-corrected chi connectivity index (χ0v) is 12.8. The molecule has 1 saturated heterocycles. The number of nitrogens with two attached hydrogens (primary N) is 1. The van der Waals surface area contributed by atoms with Crippen molar-refractivity contribution in [3.8, 4) is 0 Å². The van der Waals surface area contributed by atoms with Gasteiger partial charge in [0.15, 0.2) is 5.82 Å². The van der Waals surface area contributed by atoms with Crippen molar-refractivity contribution in [2.24, 2.45) is 5.73 Å². The average Bonchev–Trinajstić information content (AvgIpc) is 2.79. The van der Waals surface area contributed by atoms with Crippen molar-refractivity contribution >= 4 is 11.7 Å². The summed E-state index contributed by atoms with van der Waals surface area (Å²) in [5, 5.41) is 16.4. The van der Waals surface area contributed by atoms with Gasteiger partial charge in [0.25, 0.3) is 0 Å². The Kier molecular flexibility index (Phi) is 4.23. The van der Waals surface area contributed by atoms with Gasteiger partial charge in [-0.1, -0.05) is 0 Å². The average molecular weight is 276 g/mol. The predicted octanol–water partition coefficient (Wildman–Crippen LogP) is 0.908. The number of anilines is 1. The van der Waals surface area contributed by atoms with E-state index in [9.17, 15) is 0 Å². The number of aryl methyl sites for hydroxylation is 1. The molecule has 6 nitrogen and oxygen atoms in total. The van der Waals surface area contributed by atoms with E-state index >= 15 is 0 Å². The normalized spacial score (nSPS) is 18.9. The third-order valence-electron chi connectivity index (χ3n) is 3.93. The molecule has 1 aliphatic rings. The Hall–Kier alpha value is -1.69. The Bertz CT molecular complexity index is 511. The Morgan fingerprint density at radius 1 is 1.40 bits per heavy atom. The van der Waals surface area contributed by atoms with Gasteiger partial charge in [-0.3, -0.25) is 5.41 Å². The topological polar surface area (TPSA) is 82.1 Å². The van der Waals surface area contributed by atoms with Crippen LogP contribution in [0.25, 0.3) is 0 Å². The van der Waals surface area contributed by atoms with Gasteiger partial charge in [0.2, 0.25) is 0 Å². The minimum atomic E-state index is 0.0750. The summed E-state index contributed by atoms with van der Waals surface area (Å²) < 4.78 is 0. The molecule has 0 bridgehead atoms. The molecule has 110 valence electrons. The third kappa shape index (κ3) is 2.75. The van der Waals surface area contributed by atoms with Crippen LogP contribution in [-0.2, 0) is 0 Å². The number of aromatic nitrogens is 2. The van der Waals surface area contributed by atoms with Gasteiger partial charge >= 0.3 is 0 Å². The standard InChI is InChI=1S/C14H24N6/c1-9-10(2)17-18-14(12(9)13(15)16)20-7-5-6-11(20)8-19(3)4/h11H,5-8H2,1-4H3,(H3,15,16). The van der Waals surface area contributed by atoms with Crippen LogP contribution in [-0.4, -0.2) is 54.2 Å². The molecule has 2 rings (SSSR count). The molecule has 1 aliphatic heterocycles. The van der Waals surface area contributed by atoms with E-state index in [1.807, 2.05) is 13.8 Å². The molecule has 6 heteroatoms. The first-order chi connectivity index (χ1) is 9.41. The molecular formula is C14H24N6. The van der Waals surface area contributed by atoms with Gasteiger partial charge in [0.05, 0.1) is 11.3 Å². The smallest absolute Gasteiger partial charge is 0.162 e. The lowest BCUT2D eigenvalue weighted by Crippen LogP contribution is -2.39. The van der Waals surface area contributed by atoms with Crippen molar-refractivity contribution in [2.45, 2.75) is 32.7 Å². The van der Waals surface area contributed by atoms with Gasteiger partial charge in [0, 0.05) is 19.1 Å². The van der Waals surface area contributed by atoms with E-state index in [1.54, 1.807) is 0 Å². The maximum Gasteiger partial charge on any atom is 0.162 e. The molecule has 20 heavy (non-hydrogen) atoms. The Morgan fingerprint density at radius 2 is 2.10 bits per heavy atom. The molecule has 0 spiro atoms. The van der Waals surface area contributed by atoms with Crippen LogP contribution in [0, 0.1) is 19.3 Å². The van der Waals surface area contributed by atoms with Crippen molar-refractivity contribution < 1.29 is 0 Å². The molecule has 0 amide bonds. The molecule has 0 aliphatic carbocycles. The molecule has 1 aromatic rings. The first-order valence-corrected chi connectivity index (χ1v) is 7.01. The lowest BCUT2D eigenvalue weighted by atomic mass is 10.1. The highest BCUT2D eigenvalue weighted by Crippen LogP contribution is 2.28. The zero-order valence-electron chi connectivity index (χ0n) is 12.8. The highest BCUT2D eigenvalue weighted by atomic mass is 15.3. The van der Waals surface area contributed by atoms with E-state index in [4.69, 9.17) is 11.1 Å². The summed E-state index contributed by atoms with van der Waals surface area (Å²) in [4.78, 5) is 4.45. The molecule has 1 aromatic heterocycles. The fraction of sp³-hybridized carbons (Fsp3) is 0.643. The predicted molar refractivity (Wildman–Crippen MR) is 81.4 cm³/mol. The number of amidine groups is 1. The van der Waals surface area contributed by atoms with Gasteiger partial charge in [0.1, 0.15) is 5.84 Å². The summed E-state index contributed by atoms with van der Waals surface area (Å²) in [6.45, 7) is 5.79. The summed E-state index contributed by atoms with van der Waals surface area (Å²) in [7, 11) is 4.16. The minimum Gasteiger partial charge on any atom is -0.384 e. The van der Waals surface area contributed by atoms with E-state index in [0.29, 0.717) is 6.04 Å². The van der Waals surface area contributed by atoms with Crippen LogP contribution in [0.15, 0.2) is 0 Å². The number of hydrogen-bond acceptors (Lipinski definition) is 5. The Morgan fingerprint density at radius 3 is 2.70 bits per heavy atom. The van der Waals surface area contributed by atoms with Crippen LogP contribution in [0.1, 0.15) is 29.7 Å². The number of nitrogens with one attached hydrogen (secondary N) is 1. The van der Waals surface area contributed by atoms with Crippen LogP contribution < -0.4 is 10.6 Å². The number of hydrogen-bond donors (Lipinski definition) is 2. The van der Waals surface area contributed by atoms with Gasteiger partial charge in [-0.15, -0.1) is 5.10 Å². The fourth-order valence-electron chi connectivity index (χ4n) is 2.85. The van der Waals surface area contributed by atoms with Crippen LogP contribution in [0.3, 0.4) is 0 Å². The van der Waals surface area contributed by atoms with Crippen molar-refractivity contribution in [1.29, 1.82) is 5.41 Å². The Labute approximate surface area is 120 Å². The van der Waals surface area contributed by atoms with Gasteiger partial charge in [-0.05, 0) is 46.3 Å². The summed E-state index contributed by atoms with van der Waals surface area (Å²) >= 11 is 0. The van der Waals surface area contributed by atoms with Crippen LogP contribution in [0.5, 0.6) is 0 Å². The molecule has 3 N–H and O–H groups in total. The van der Waals surface area contributed by atoms with Crippen molar-refractivity contribution in [1.82, 2.24) is 15.1 Å². The molecule has 0 aromatic carbocycles. The second-order valence-corrected chi connectivity index (χ2v) is 5.77. The van der Waals surface area contributed by atoms with E-state index in [0.717, 1.165) is 48.6 Å². The maximum atomic E-state index is 7.86. The highest BCUT2D eigenvalue weighted by Gasteiger charge is 2.29. The number of rotatable bonds is 4. The Balaban J connectivity index is 2.41. The second kappa shape index (κ2) is 5.75. The monoisotopic (exact) mass is 276 g/mol. The minimum absolute atomic E-state index is 0.0750. The molecule has 0 saturated carbocycles. The second-order valence-electron chi connectivity index (χ2n) is 5.77. The number of nitrogen functional groups attached to an aromatic ring is 1. The largest absolute Gasteiger partial charge is 0.384 e. The van der Waals surface area contributed by atoms with E-state index in [1.165, 1.54) is 0 Å². The first kappa shape index (κ1) is 14.7. The lowest BCUT2D eigenvalue weighted by Gasteiger charge is -2.29. The van der Waals surface area contributed by atoms with Gasteiger partial charge in [-0.25, -0.2) is 0 Å². The van der Waals surface area contributed by atoms with E-state index < -0.39 is 0 Å². The molecule has 2 heterocycles. The summed E-state index contributed by atoms with van der Waals surface area (Å²) in [5.74, 6) is 0.843. The number of likely N-dealkylation sites (N-methyl/N-ethyl adjacent to an activating group) is 1. The van der Waals surface area contributed by atoms with Crippen LogP contribution in [0.4, 0.5) is 5.82 Å². The number of nitrogens with zero attached hydrogens (tertiary/aromatic N) is 4. The first-order valence-electron chi connectivity index (χ1n) is 7.01. The van der Waals surface area contributed by atoms with Crippen molar-refractivity contribution in [2.75, 3.05) is 32.1 Å². The highest BCUT2D eigenvalue weighted by molar-refractivity contribution is 6.01.